The van der Waals surface area contributed by atoms with E-state index < -0.39 is 10.7 Å². The molecule has 0 radical (unpaired) electrons. The first-order valence-corrected chi connectivity index (χ1v) is 5.11. The summed E-state index contributed by atoms with van der Waals surface area (Å²) in [6, 6.07) is 9.61. The van der Waals surface area contributed by atoms with Crippen LogP contribution in [0.3, 0.4) is 0 Å². The third kappa shape index (κ3) is 2.24. The SMILES string of the molecule is O=Cc1cc([N+](=O)[O-])ccc1-c1cccc(F)c1. The molecule has 90 valence electrons. The molecule has 0 amide bonds. The summed E-state index contributed by atoms with van der Waals surface area (Å²) < 4.78 is 13.1. The lowest BCUT2D eigenvalue weighted by molar-refractivity contribution is -0.384. The zero-order chi connectivity index (χ0) is 13.1. The van der Waals surface area contributed by atoms with Crippen molar-refractivity contribution >= 4 is 12.0 Å². The smallest absolute Gasteiger partial charge is 0.270 e. The molecular formula is C13H8FNO3. The van der Waals surface area contributed by atoms with Gasteiger partial charge in [-0.1, -0.05) is 12.1 Å². The summed E-state index contributed by atoms with van der Waals surface area (Å²) in [5.74, 6) is -0.428. The zero-order valence-electron chi connectivity index (χ0n) is 9.17. The molecule has 0 heterocycles. The van der Waals surface area contributed by atoms with Gasteiger partial charge in [0.1, 0.15) is 5.82 Å². The van der Waals surface area contributed by atoms with E-state index in [1.54, 1.807) is 6.07 Å². The van der Waals surface area contributed by atoms with Crippen LogP contribution >= 0.6 is 0 Å². The second-order valence-electron chi connectivity index (χ2n) is 3.66. The number of non-ortho nitro benzene ring substituents is 1. The molecule has 0 aliphatic rings. The summed E-state index contributed by atoms with van der Waals surface area (Å²) >= 11 is 0. The van der Waals surface area contributed by atoms with Gasteiger partial charge in [-0.3, -0.25) is 14.9 Å². The third-order valence-electron chi connectivity index (χ3n) is 2.51. The van der Waals surface area contributed by atoms with Crippen molar-refractivity contribution in [3.63, 3.8) is 0 Å². The number of nitro benzene ring substituents is 1. The highest BCUT2D eigenvalue weighted by Gasteiger charge is 2.11. The maximum absolute atomic E-state index is 13.1. The van der Waals surface area contributed by atoms with E-state index in [-0.39, 0.29) is 11.3 Å². The van der Waals surface area contributed by atoms with Crippen molar-refractivity contribution in [3.05, 3.63) is 64.0 Å². The molecule has 0 N–H and O–H groups in total. The van der Waals surface area contributed by atoms with Gasteiger partial charge in [0.05, 0.1) is 4.92 Å². The lowest BCUT2D eigenvalue weighted by atomic mass is 10.00. The minimum absolute atomic E-state index is 0.162. The van der Waals surface area contributed by atoms with Crippen LogP contribution in [-0.2, 0) is 0 Å². The van der Waals surface area contributed by atoms with Crippen LogP contribution in [0.2, 0.25) is 0 Å². The van der Waals surface area contributed by atoms with Crippen LogP contribution < -0.4 is 0 Å². The molecule has 0 fully saturated rings. The predicted molar refractivity (Wildman–Crippen MR) is 63.9 cm³/mol. The molecule has 0 saturated carbocycles. The van der Waals surface area contributed by atoms with Crippen molar-refractivity contribution in [2.75, 3.05) is 0 Å². The van der Waals surface area contributed by atoms with Crippen molar-refractivity contribution in [1.82, 2.24) is 0 Å². The molecule has 0 atom stereocenters. The predicted octanol–water partition coefficient (Wildman–Crippen LogP) is 3.21. The van der Waals surface area contributed by atoms with E-state index in [1.807, 2.05) is 0 Å². The molecule has 5 heteroatoms. The minimum atomic E-state index is -0.581. The fraction of sp³-hybridized carbons (Fsp3) is 0. The molecule has 0 unspecified atom stereocenters. The van der Waals surface area contributed by atoms with Crippen molar-refractivity contribution in [3.8, 4) is 11.1 Å². The van der Waals surface area contributed by atoms with Crippen LogP contribution in [0.4, 0.5) is 10.1 Å². The largest absolute Gasteiger partial charge is 0.298 e. The molecule has 18 heavy (non-hydrogen) atoms. The number of nitro groups is 1. The van der Waals surface area contributed by atoms with Gasteiger partial charge in [0, 0.05) is 17.7 Å². The Hall–Kier alpha value is -2.56. The van der Waals surface area contributed by atoms with E-state index in [0.717, 1.165) is 0 Å². The van der Waals surface area contributed by atoms with Gasteiger partial charge in [0.15, 0.2) is 6.29 Å². The number of hydrogen-bond donors (Lipinski definition) is 0. The van der Waals surface area contributed by atoms with E-state index in [1.165, 1.54) is 36.4 Å². The zero-order valence-corrected chi connectivity index (χ0v) is 9.17. The van der Waals surface area contributed by atoms with Gasteiger partial charge in [-0.15, -0.1) is 0 Å². The van der Waals surface area contributed by atoms with Gasteiger partial charge < -0.3 is 0 Å². The van der Waals surface area contributed by atoms with Gasteiger partial charge in [0.25, 0.3) is 5.69 Å². The van der Waals surface area contributed by atoms with Crippen LogP contribution in [0.25, 0.3) is 11.1 Å². The first-order chi connectivity index (χ1) is 8.61. The normalized spacial score (nSPS) is 10.1. The third-order valence-corrected chi connectivity index (χ3v) is 2.51. The van der Waals surface area contributed by atoms with Gasteiger partial charge in [0.2, 0.25) is 0 Å². The Bertz CT molecular complexity index is 625. The van der Waals surface area contributed by atoms with Crippen LogP contribution in [0.5, 0.6) is 0 Å². The quantitative estimate of drug-likeness (QED) is 0.474. The Kier molecular flexibility index (Phi) is 3.14. The Morgan fingerprint density at radius 2 is 1.94 bits per heavy atom. The maximum Gasteiger partial charge on any atom is 0.270 e. The molecule has 2 aromatic rings. The fourth-order valence-corrected chi connectivity index (χ4v) is 1.68. The number of hydrogen-bond acceptors (Lipinski definition) is 3. The summed E-state index contributed by atoms with van der Waals surface area (Å²) in [5, 5.41) is 10.6. The molecule has 0 aromatic heterocycles. The second kappa shape index (κ2) is 4.75. The average Bonchev–Trinajstić information content (AvgIpc) is 2.37. The van der Waals surface area contributed by atoms with E-state index in [9.17, 15) is 19.3 Å². The Labute approximate surface area is 102 Å². The monoisotopic (exact) mass is 245 g/mol. The van der Waals surface area contributed by atoms with Crippen molar-refractivity contribution < 1.29 is 14.1 Å². The van der Waals surface area contributed by atoms with Crippen molar-refractivity contribution in [2.24, 2.45) is 0 Å². The molecule has 2 aromatic carbocycles. The molecule has 0 saturated heterocycles. The Balaban J connectivity index is 2.58. The molecule has 0 aliphatic carbocycles. The van der Waals surface area contributed by atoms with Crippen LogP contribution in [0.15, 0.2) is 42.5 Å². The Morgan fingerprint density at radius 1 is 1.17 bits per heavy atom. The van der Waals surface area contributed by atoms with Crippen LogP contribution in [0, 0.1) is 15.9 Å². The summed E-state index contributed by atoms with van der Waals surface area (Å²) in [6.45, 7) is 0. The minimum Gasteiger partial charge on any atom is -0.298 e. The first kappa shape index (κ1) is 11.9. The summed E-state index contributed by atoms with van der Waals surface area (Å²) in [5.41, 5.74) is 0.967. The number of carbonyl (C=O) groups is 1. The van der Waals surface area contributed by atoms with Gasteiger partial charge >= 0.3 is 0 Å². The Morgan fingerprint density at radius 3 is 2.56 bits per heavy atom. The molecule has 4 nitrogen and oxygen atoms in total. The lowest BCUT2D eigenvalue weighted by Gasteiger charge is -2.05. The number of rotatable bonds is 3. The molecule has 0 bridgehead atoms. The highest BCUT2D eigenvalue weighted by molar-refractivity contribution is 5.88. The van der Waals surface area contributed by atoms with Crippen molar-refractivity contribution in [2.45, 2.75) is 0 Å². The van der Waals surface area contributed by atoms with E-state index >= 15 is 0 Å². The van der Waals surface area contributed by atoms with Crippen LogP contribution in [-0.4, -0.2) is 11.2 Å². The lowest BCUT2D eigenvalue weighted by Crippen LogP contribution is -1.93. The first-order valence-electron chi connectivity index (χ1n) is 5.11. The molecule has 0 spiro atoms. The number of benzene rings is 2. The van der Waals surface area contributed by atoms with Gasteiger partial charge in [-0.25, -0.2) is 4.39 Å². The summed E-state index contributed by atoms with van der Waals surface area (Å²) in [7, 11) is 0. The van der Waals surface area contributed by atoms with E-state index in [2.05, 4.69) is 0 Å². The van der Waals surface area contributed by atoms with Gasteiger partial charge in [-0.2, -0.15) is 0 Å². The topological polar surface area (TPSA) is 60.2 Å². The molecule has 2 rings (SSSR count). The van der Waals surface area contributed by atoms with Crippen LogP contribution in [0.1, 0.15) is 10.4 Å². The van der Waals surface area contributed by atoms with E-state index in [4.69, 9.17) is 0 Å². The standard InChI is InChI=1S/C13H8FNO3/c14-11-3-1-2-9(6-11)13-5-4-12(15(17)18)7-10(13)8-16/h1-8H. The highest BCUT2D eigenvalue weighted by Crippen LogP contribution is 2.26. The molecule has 0 aliphatic heterocycles. The molecular weight excluding hydrogens is 237 g/mol. The van der Waals surface area contributed by atoms with E-state index in [0.29, 0.717) is 17.4 Å². The average molecular weight is 245 g/mol. The maximum atomic E-state index is 13.1. The number of nitrogens with zero attached hydrogens (tertiary/aromatic N) is 1. The summed E-state index contributed by atoms with van der Waals surface area (Å²) in [6.07, 6.45) is 0.521. The fourth-order valence-electron chi connectivity index (χ4n) is 1.68. The second-order valence-corrected chi connectivity index (χ2v) is 3.66. The van der Waals surface area contributed by atoms with Crippen molar-refractivity contribution in [1.29, 1.82) is 0 Å². The van der Waals surface area contributed by atoms with Gasteiger partial charge in [-0.05, 0) is 29.3 Å². The highest BCUT2D eigenvalue weighted by atomic mass is 19.1. The summed E-state index contributed by atoms with van der Waals surface area (Å²) in [4.78, 5) is 21.0. The number of halogens is 1. The number of carbonyl (C=O) groups excluding carboxylic acids is 1. The number of aldehydes is 1.